The fourth-order valence-electron chi connectivity index (χ4n) is 10.6. The number of hydrogen-bond donors (Lipinski definition) is 0. The Morgan fingerprint density at radius 3 is 0.533 bits per heavy atom. The number of halogens is 2. The van der Waals surface area contributed by atoms with E-state index < -0.39 is 0 Å². The van der Waals surface area contributed by atoms with E-state index in [0.29, 0.717) is 0 Å². The molecule has 45 heavy (non-hydrogen) atoms. The van der Waals surface area contributed by atoms with Gasteiger partial charge in [0.2, 0.25) is 0 Å². The molecule has 0 aromatic carbocycles. The van der Waals surface area contributed by atoms with Crippen LogP contribution < -0.4 is 0 Å². The zero-order chi connectivity index (χ0) is 31.2. The van der Waals surface area contributed by atoms with Crippen LogP contribution in [-0.4, -0.2) is 45.4 Å². The van der Waals surface area contributed by atoms with Gasteiger partial charge in [-0.05, 0) is 154 Å². The molecule has 0 bridgehead atoms. The molecule has 6 aliphatic rings. The summed E-state index contributed by atoms with van der Waals surface area (Å²) in [6.45, 7) is 0. The Bertz CT molecular complexity index is 565. The third-order valence-corrected chi connectivity index (χ3v) is 21.6. The second-order valence-corrected chi connectivity index (χ2v) is 22.4. The summed E-state index contributed by atoms with van der Waals surface area (Å²) in [5.74, 6) is 1.94. The van der Waals surface area contributed by atoms with Crippen LogP contribution in [0.1, 0.15) is 193 Å². The number of rotatable bonds is 6. The molecule has 0 saturated heterocycles. The standard InChI is InChI=1S/2C18H33P.2CClO.Ru/c2*1-4-10-16(11-5-1)19(17-12-6-2-7-13-17)18-14-8-3-9-15-18;2*2-1-3;/h2*16-18H,1-15H2;;;/q;;2*-1;+2/p+2. The molecule has 6 aliphatic carbocycles. The second kappa shape index (κ2) is 27.2. The van der Waals surface area contributed by atoms with E-state index in [2.05, 4.69) is 23.2 Å². The molecular formula is C38H68Cl2O2P2Ru+2. The maximum Gasteiger partial charge on any atom is 2.00 e. The third-order valence-electron chi connectivity index (χ3n) is 12.5. The summed E-state index contributed by atoms with van der Waals surface area (Å²) in [5.41, 5.74) is 7.36. The van der Waals surface area contributed by atoms with Crippen LogP contribution >= 0.6 is 39.0 Å². The Morgan fingerprint density at radius 2 is 0.422 bits per heavy atom. The molecule has 0 aromatic rings. The van der Waals surface area contributed by atoms with Gasteiger partial charge in [-0.15, -0.1) is 0 Å². The summed E-state index contributed by atoms with van der Waals surface area (Å²) >= 11 is 8.39. The van der Waals surface area contributed by atoms with E-state index in [1.807, 2.05) is 0 Å². The normalized spacial score (nSPS) is 25.0. The minimum absolute atomic E-state index is 0. The van der Waals surface area contributed by atoms with E-state index in [9.17, 15) is 0 Å². The zero-order valence-electron chi connectivity index (χ0n) is 28.6. The van der Waals surface area contributed by atoms with Gasteiger partial charge in [-0.2, -0.15) is 11.5 Å². The smallest absolute Gasteiger partial charge is 0.525 e. The Labute approximate surface area is 304 Å². The first kappa shape index (κ1) is 42.6. The van der Waals surface area contributed by atoms with Crippen molar-refractivity contribution in [3.05, 3.63) is 0 Å². The van der Waals surface area contributed by atoms with Crippen molar-refractivity contribution in [2.24, 2.45) is 0 Å². The molecule has 0 N–H and O–H groups in total. The summed E-state index contributed by atoms with van der Waals surface area (Å²) in [6.07, 6.45) is 47.6. The van der Waals surface area contributed by atoms with E-state index >= 15 is 0 Å². The molecule has 262 valence electrons. The molecule has 0 radical (unpaired) electrons. The predicted octanol–water partition coefficient (Wildman–Crippen LogP) is 13.0. The van der Waals surface area contributed by atoms with Crippen LogP contribution in [0.2, 0.25) is 0 Å². The van der Waals surface area contributed by atoms with Gasteiger partial charge in [-0.3, -0.25) is 0 Å². The van der Waals surface area contributed by atoms with Gasteiger partial charge in [0, 0.05) is 15.8 Å². The molecule has 7 heteroatoms. The average Bonchev–Trinajstić information content (AvgIpc) is 3.09. The van der Waals surface area contributed by atoms with Gasteiger partial charge in [-0.1, -0.05) is 38.5 Å². The van der Waals surface area contributed by atoms with Crippen molar-refractivity contribution in [1.82, 2.24) is 0 Å². The molecule has 0 atom stereocenters. The summed E-state index contributed by atoms with van der Waals surface area (Å²) in [5, 5.41) is 0. The second-order valence-electron chi connectivity index (χ2n) is 15.2. The first-order chi connectivity index (χ1) is 21.7. The summed E-state index contributed by atoms with van der Waals surface area (Å²) < 4.78 is 0. The fraction of sp³-hybridized carbons (Fsp3) is 0.947. The zero-order valence-corrected chi connectivity index (χ0v) is 33.9. The van der Waals surface area contributed by atoms with Crippen molar-refractivity contribution in [2.75, 3.05) is 0 Å². The van der Waals surface area contributed by atoms with Crippen LogP contribution in [0.5, 0.6) is 0 Å². The molecule has 0 unspecified atom stereocenters. The molecule has 0 aromatic heterocycles. The van der Waals surface area contributed by atoms with Crippen LogP contribution in [0.4, 0.5) is 0 Å². The Kier molecular flexibility index (Phi) is 25.7. The largest absolute Gasteiger partial charge is 2.00 e. The SMILES string of the molecule is C1CCC([PH+](C2CCCCC2)C2CCCCC2)CC1.C1CCC([PH+](C2CCCCC2)C2CCCCC2)CC1.O=[C-]Cl.O=[C-]Cl.[Ru+2]. The molecule has 0 amide bonds. The van der Waals surface area contributed by atoms with Gasteiger partial charge in [0.15, 0.2) is 0 Å². The minimum atomic E-state index is -0.0465. The van der Waals surface area contributed by atoms with Crippen molar-refractivity contribution < 1.29 is 29.1 Å². The molecule has 0 aliphatic heterocycles. The fourth-order valence-corrected chi connectivity index (χ4v) is 21.1. The monoisotopic (exact) mass is 790 g/mol. The van der Waals surface area contributed by atoms with Gasteiger partial charge in [0.1, 0.15) is 0 Å². The Balaban J connectivity index is 0.000000262. The van der Waals surface area contributed by atoms with Crippen molar-refractivity contribution in [2.45, 2.75) is 227 Å². The summed E-state index contributed by atoms with van der Waals surface area (Å²) in [6, 6.07) is 0. The maximum absolute atomic E-state index is 8.45. The summed E-state index contributed by atoms with van der Waals surface area (Å²) in [7, 11) is -0.0930. The van der Waals surface area contributed by atoms with Gasteiger partial charge in [0.25, 0.3) is 0 Å². The maximum atomic E-state index is 8.45. The molecule has 0 heterocycles. The molecule has 6 saturated carbocycles. The van der Waals surface area contributed by atoms with Crippen LogP contribution in [0.25, 0.3) is 0 Å². The van der Waals surface area contributed by atoms with E-state index in [-0.39, 0.29) is 35.3 Å². The Morgan fingerprint density at radius 1 is 0.311 bits per heavy atom. The quantitative estimate of drug-likeness (QED) is 0.116. The minimum Gasteiger partial charge on any atom is -0.525 e. The van der Waals surface area contributed by atoms with Crippen LogP contribution in [0.15, 0.2) is 0 Å². The number of hydrogen-bond acceptors (Lipinski definition) is 2. The number of carbonyl (C=O) groups excluding carboxylic acids is 2. The van der Waals surface area contributed by atoms with Crippen molar-refractivity contribution >= 4 is 50.5 Å². The van der Waals surface area contributed by atoms with Crippen molar-refractivity contribution in [1.29, 1.82) is 0 Å². The van der Waals surface area contributed by atoms with Gasteiger partial charge < -0.3 is 32.8 Å². The molecular weight excluding hydrogens is 722 g/mol. The van der Waals surface area contributed by atoms with Crippen molar-refractivity contribution in [3.8, 4) is 0 Å². The topological polar surface area (TPSA) is 34.1 Å². The molecule has 6 rings (SSSR count). The van der Waals surface area contributed by atoms with E-state index in [0.717, 1.165) is 11.5 Å². The average molecular weight is 791 g/mol. The van der Waals surface area contributed by atoms with Gasteiger partial charge in [-0.25, -0.2) is 0 Å². The van der Waals surface area contributed by atoms with Crippen LogP contribution in [0.3, 0.4) is 0 Å². The van der Waals surface area contributed by atoms with E-state index in [1.54, 1.807) is 193 Å². The molecule has 0 spiro atoms. The van der Waals surface area contributed by atoms with Gasteiger partial charge >= 0.3 is 19.5 Å². The van der Waals surface area contributed by atoms with E-state index in [1.165, 1.54) is 34.0 Å². The molecule has 2 nitrogen and oxygen atoms in total. The first-order valence-electron chi connectivity index (χ1n) is 19.4. The van der Waals surface area contributed by atoms with Gasteiger partial charge in [0.05, 0.1) is 34.0 Å². The van der Waals surface area contributed by atoms with E-state index in [4.69, 9.17) is 9.59 Å². The predicted molar refractivity (Wildman–Crippen MR) is 201 cm³/mol. The first-order valence-corrected chi connectivity index (χ1v) is 23.6. The Hall–Kier alpha value is 1.40. The van der Waals surface area contributed by atoms with Crippen molar-refractivity contribution in [3.63, 3.8) is 0 Å². The van der Waals surface area contributed by atoms with Crippen LogP contribution in [-0.2, 0) is 29.1 Å². The molecule has 6 fully saturated rings. The summed E-state index contributed by atoms with van der Waals surface area (Å²) in [4.78, 5) is 16.9. The van der Waals surface area contributed by atoms with Crippen LogP contribution in [0, 0.1) is 0 Å². The third kappa shape index (κ3) is 15.9.